The van der Waals surface area contributed by atoms with Gasteiger partial charge in [0, 0.05) is 23.8 Å². The van der Waals surface area contributed by atoms with E-state index in [1.54, 1.807) is 7.11 Å². The molecule has 1 saturated heterocycles. The van der Waals surface area contributed by atoms with Gasteiger partial charge in [0.2, 0.25) is 0 Å². The van der Waals surface area contributed by atoms with Gasteiger partial charge in [-0.15, -0.1) is 0 Å². The Kier molecular flexibility index (Phi) is 4.89. The van der Waals surface area contributed by atoms with Crippen LogP contribution in [0.15, 0.2) is 18.2 Å². The van der Waals surface area contributed by atoms with Gasteiger partial charge >= 0.3 is 0 Å². The zero-order chi connectivity index (χ0) is 14.6. The van der Waals surface area contributed by atoms with E-state index in [1.165, 1.54) is 0 Å². The first-order valence-corrected chi connectivity index (χ1v) is 7.11. The zero-order valence-electron chi connectivity index (χ0n) is 12.5. The highest BCUT2D eigenvalue weighted by atomic mass is 16.5. The number of rotatable bonds is 5. The molecule has 1 aliphatic rings. The summed E-state index contributed by atoms with van der Waals surface area (Å²) in [7, 11) is 1.64. The lowest BCUT2D eigenvalue weighted by molar-refractivity contribution is 0.0244. The Morgan fingerprint density at radius 2 is 2.00 bits per heavy atom. The van der Waals surface area contributed by atoms with Gasteiger partial charge in [0.1, 0.15) is 6.10 Å². The molecule has 20 heavy (non-hydrogen) atoms. The fraction of sp³-hybridized carbons (Fsp3) is 0.625. The zero-order valence-corrected chi connectivity index (χ0v) is 12.5. The highest BCUT2D eigenvalue weighted by Gasteiger charge is 2.26. The number of para-hydroxylation sites is 1. The Morgan fingerprint density at radius 3 is 2.60 bits per heavy atom. The van der Waals surface area contributed by atoms with Crippen molar-refractivity contribution in [3.05, 3.63) is 23.8 Å². The van der Waals surface area contributed by atoms with Crippen molar-refractivity contribution < 1.29 is 19.3 Å². The van der Waals surface area contributed by atoms with Gasteiger partial charge in [-0.1, -0.05) is 26.0 Å². The van der Waals surface area contributed by atoms with Crippen molar-refractivity contribution >= 4 is 0 Å². The first-order valence-electron chi connectivity index (χ1n) is 7.11. The van der Waals surface area contributed by atoms with Crippen LogP contribution in [0.5, 0.6) is 11.5 Å². The molecule has 4 nitrogen and oxygen atoms in total. The van der Waals surface area contributed by atoms with Crippen LogP contribution < -0.4 is 9.47 Å². The average Bonchev–Trinajstić information content (AvgIpc) is 2.48. The van der Waals surface area contributed by atoms with Gasteiger partial charge < -0.3 is 19.3 Å². The molecule has 0 aliphatic carbocycles. The molecule has 0 unspecified atom stereocenters. The van der Waals surface area contributed by atoms with Crippen LogP contribution >= 0.6 is 0 Å². The fourth-order valence-corrected chi connectivity index (χ4v) is 2.41. The van der Waals surface area contributed by atoms with Crippen molar-refractivity contribution in [3.8, 4) is 11.5 Å². The molecule has 1 heterocycles. The molecule has 0 bridgehead atoms. The number of aliphatic hydroxyl groups excluding tert-OH is 1. The van der Waals surface area contributed by atoms with E-state index >= 15 is 0 Å². The molecule has 0 radical (unpaired) electrons. The molecule has 0 atom stereocenters. The summed E-state index contributed by atoms with van der Waals surface area (Å²) >= 11 is 0. The van der Waals surface area contributed by atoms with Crippen LogP contribution in [-0.2, 0) is 10.2 Å². The Balaban J connectivity index is 2.26. The third-order valence-electron chi connectivity index (χ3n) is 3.77. The van der Waals surface area contributed by atoms with E-state index in [0.29, 0.717) is 0 Å². The van der Waals surface area contributed by atoms with Crippen LogP contribution in [0.2, 0.25) is 0 Å². The van der Waals surface area contributed by atoms with Gasteiger partial charge in [-0.05, 0) is 6.07 Å². The Hall–Kier alpha value is -1.26. The molecule has 0 aromatic heterocycles. The van der Waals surface area contributed by atoms with Crippen LogP contribution in [0.25, 0.3) is 0 Å². The molecule has 1 aromatic rings. The normalized spacial score (nSPS) is 17.0. The smallest absolute Gasteiger partial charge is 0.164 e. The minimum absolute atomic E-state index is 0.0596. The molecule has 0 spiro atoms. The van der Waals surface area contributed by atoms with E-state index in [0.717, 1.165) is 43.1 Å². The van der Waals surface area contributed by atoms with E-state index in [1.807, 2.05) is 32.0 Å². The summed E-state index contributed by atoms with van der Waals surface area (Å²) < 4.78 is 17.0. The number of benzene rings is 1. The molecule has 1 aromatic carbocycles. The van der Waals surface area contributed by atoms with Gasteiger partial charge in [0.15, 0.2) is 11.5 Å². The monoisotopic (exact) mass is 280 g/mol. The van der Waals surface area contributed by atoms with Crippen LogP contribution in [0.1, 0.15) is 32.3 Å². The maximum atomic E-state index is 9.57. The van der Waals surface area contributed by atoms with Gasteiger partial charge in [0.25, 0.3) is 0 Å². The molecule has 1 fully saturated rings. The average molecular weight is 280 g/mol. The summed E-state index contributed by atoms with van der Waals surface area (Å²) in [5.41, 5.74) is 0.604. The minimum Gasteiger partial charge on any atom is -0.493 e. The molecule has 4 heteroatoms. The molecule has 2 rings (SSSR count). The van der Waals surface area contributed by atoms with Crippen LogP contribution in [0, 0.1) is 0 Å². The summed E-state index contributed by atoms with van der Waals surface area (Å²) in [4.78, 5) is 0. The largest absolute Gasteiger partial charge is 0.493 e. The molecule has 1 N–H and O–H groups in total. The summed E-state index contributed by atoms with van der Waals surface area (Å²) in [5.74, 6) is 1.47. The number of hydrogen-bond donors (Lipinski definition) is 1. The molecule has 0 amide bonds. The van der Waals surface area contributed by atoms with E-state index in [-0.39, 0.29) is 18.1 Å². The standard InChI is InChI=1S/C16H24O4/c1-16(2,11-17)13-5-4-6-14(15(13)18-3)20-12-7-9-19-10-8-12/h4-6,12,17H,7-11H2,1-3H3. The fourth-order valence-electron chi connectivity index (χ4n) is 2.41. The predicted octanol–water partition coefficient (Wildman–Crippen LogP) is 2.52. The summed E-state index contributed by atoms with van der Waals surface area (Å²) in [6, 6.07) is 5.85. The summed E-state index contributed by atoms with van der Waals surface area (Å²) in [5, 5.41) is 9.57. The SMILES string of the molecule is COc1c(OC2CCOCC2)cccc1C(C)(C)CO. The Bertz CT molecular complexity index is 436. The molecular weight excluding hydrogens is 256 g/mol. The van der Waals surface area contributed by atoms with Gasteiger partial charge in [-0.2, -0.15) is 0 Å². The van der Waals surface area contributed by atoms with Crippen LogP contribution in [-0.4, -0.2) is 38.1 Å². The maximum Gasteiger partial charge on any atom is 0.164 e. The number of methoxy groups -OCH3 is 1. The second-order valence-corrected chi connectivity index (χ2v) is 5.81. The van der Waals surface area contributed by atoms with E-state index in [2.05, 4.69) is 0 Å². The van der Waals surface area contributed by atoms with Crippen molar-refractivity contribution in [2.24, 2.45) is 0 Å². The molecule has 1 aliphatic heterocycles. The Labute approximate surface area is 120 Å². The number of ether oxygens (including phenoxy) is 3. The third kappa shape index (κ3) is 3.25. The van der Waals surface area contributed by atoms with Crippen molar-refractivity contribution in [3.63, 3.8) is 0 Å². The van der Waals surface area contributed by atoms with Gasteiger partial charge in [-0.25, -0.2) is 0 Å². The highest BCUT2D eigenvalue weighted by molar-refractivity contribution is 5.50. The van der Waals surface area contributed by atoms with Gasteiger partial charge in [0.05, 0.1) is 26.9 Å². The number of hydrogen-bond acceptors (Lipinski definition) is 4. The van der Waals surface area contributed by atoms with Crippen molar-refractivity contribution in [2.75, 3.05) is 26.9 Å². The van der Waals surface area contributed by atoms with Gasteiger partial charge in [-0.3, -0.25) is 0 Å². The van der Waals surface area contributed by atoms with Crippen LogP contribution in [0.4, 0.5) is 0 Å². The van der Waals surface area contributed by atoms with Crippen molar-refractivity contribution in [1.82, 2.24) is 0 Å². The second kappa shape index (κ2) is 6.46. The Morgan fingerprint density at radius 1 is 1.30 bits per heavy atom. The lowest BCUT2D eigenvalue weighted by atomic mass is 9.85. The topological polar surface area (TPSA) is 47.9 Å². The predicted molar refractivity (Wildman–Crippen MR) is 77.6 cm³/mol. The van der Waals surface area contributed by atoms with E-state index < -0.39 is 0 Å². The summed E-state index contributed by atoms with van der Waals surface area (Å²) in [6.45, 7) is 5.53. The first-order chi connectivity index (χ1) is 9.58. The van der Waals surface area contributed by atoms with E-state index in [4.69, 9.17) is 14.2 Å². The minimum atomic E-state index is -0.361. The number of aliphatic hydroxyl groups is 1. The van der Waals surface area contributed by atoms with Crippen LogP contribution in [0.3, 0.4) is 0 Å². The molecular formula is C16H24O4. The second-order valence-electron chi connectivity index (χ2n) is 5.81. The van der Waals surface area contributed by atoms with Crippen molar-refractivity contribution in [2.45, 2.75) is 38.2 Å². The lowest BCUT2D eigenvalue weighted by Gasteiger charge is -2.28. The quantitative estimate of drug-likeness (QED) is 0.900. The van der Waals surface area contributed by atoms with E-state index in [9.17, 15) is 5.11 Å². The summed E-state index contributed by atoms with van der Waals surface area (Å²) in [6.07, 6.45) is 1.97. The maximum absolute atomic E-state index is 9.57. The highest BCUT2D eigenvalue weighted by Crippen LogP contribution is 2.39. The molecule has 112 valence electrons. The lowest BCUT2D eigenvalue weighted by Crippen LogP contribution is -2.27. The first kappa shape index (κ1) is 15.1. The molecule has 0 saturated carbocycles. The third-order valence-corrected chi connectivity index (χ3v) is 3.77. The van der Waals surface area contributed by atoms with Crippen molar-refractivity contribution in [1.29, 1.82) is 0 Å².